The van der Waals surface area contributed by atoms with Crippen LogP contribution in [0.3, 0.4) is 0 Å². The van der Waals surface area contributed by atoms with E-state index in [4.69, 9.17) is 21.6 Å². The topological polar surface area (TPSA) is 33.0 Å². The molecule has 0 aliphatic rings. The van der Waals surface area contributed by atoms with Gasteiger partial charge in [-0.25, -0.2) is 5.26 Å². The Kier molecular flexibility index (Phi) is 4.91. The van der Waals surface area contributed by atoms with Crippen LogP contribution in [0.2, 0.25) is 5.02 Å². The Bertz CT molecular complexity index is 270. The van der Waals surface area contributed by atoms with E-state index in [2.05, 4.69) is 6.57 Å². The molecule has 0 unspecified atom stereocenters. The van der Waals surface area contributed by atoms with Crippen LogP contribution in [-0.2, 0) is 0 Å². The zero-order valence-corrected chi connectivity index (χ0v) is 7.80. The Labute approximate surface area is 77.3 Å². The van der Waals surface area contributed by atoms with Crippen molar-refractivity contribution in [1.82, 2.24) is 0 Å². The molecule has 0 radical (unpaired) electrons. The molecule has 0 aliphatic heterocycles. The molecular weight excluding hydrogens is 174 g/mol. The van der Waals surface area contributed by atoms with Gasteiger partial charge in [0, 0.05) is 11.6 Å². The predicted molar refractivity (Wildman–Crippen MR) is 49.4 cm³/mol. The summed E-state index contributed by atoms with van der Waals surface area (Å²) >= 11 is 5.72. The molecule has 3 heteroatoms. The molecule has 2 nitrogen and oxygen atoms in total. The third-order valence-corrected chi connectivity index (χ3v) is 1.59. The molecule has 1 aromatic rings. The second-order valence-electron chi connectivity index (χ2n) is 2.11. The molecule has 0 aliphatic carbocycles. The normalized spacial score (nSPS) is 8.08. The molecule has 0 bridgehead atoms. The van der Waals surface area contributed by atoms with Crippen LogP contribution in [0.5, 0.6) is 5.75 Å². The predicted octanol–water partition coefficient (Wildman–Crippen LogP) is 2.80. The van der Waals surface area contributed by atoms with Crippen molar-refractivity contribution in [2.75, 3.05) is 7.11 Å². The molecule has 0 atom stereocenters. The summed E-state index contributed by atoms with van der Waals surface area (Å²) in [5.41, 5.74) is 1.06. The minimum Gasteiger partial charge on any atom is -0.496 e. The number of benzene rings is 1. The van der Waals surface area contributed by atoms with Crippen LogP contribution in [0, 0.1) is 18.8 Å². The Morgan fingerprint density at radius 1 is 1.42 bits per heavy atom. The molecule has 0 saturated heterocycles. The van der Waals surface area contributed by atoms with Gasteiger partial charge >= 0.3 is 0 Å². The van der Waals surface area contributed by atoms with Crippen LogP contribution in [0.15, 0.2) is 18.2 Å². The first-order valence-corrected chi connectivity index (χ1v) is 3.68. The van der Waals surface area contributed by atoms with Crippen molar-refractivity contribution in [3.8, 4) is 12.3 Å². The standard InChI is InChI=1S/C8H9ClO.CHN/c1-6-5-7(9)3-4-8(6)10-2;1-2/h3-5H,1-2H3;1H. The number of aryl methyl sites for hydroxylation is 1. The quantitative estimate of drug-likeness (QED) is 0.671. The van der Waals surface area contributed by atoms with E-state index in [1.807, 2.05) is 25.1 Å². The molecular formula is C9H10ClNO. The average molecular weight is 184 g/mol. The van der Waals surface area contributed by atoms with Crippen molar-refractivity contribution < 1.29 is 4.74 Å². The number of rotatable bonds is 1. The smallest absolute Gasteiger partial charge is 0.121 e. The maximum Gasteiger partial charge on any atom is 0.121 e. The molecule has 0 spiro atoms. The first-order chi connectivity index (χ1) is 5.74. The summed E-state index contributed by atoms with van der Waals surface area (Å²) in [6.45, 7) is 5.46. The van der Waals surface area contributed by atoms with Gasteiger partial charge in [-0.05, 0) is 30.7 Å². The van der Waals surface area contributed by atoms with Crippen LogP contribution in [0.1, 0.15) is 5.56 Å². The number of methoxy groups -OCH3 is 1. The van der Waals surface area contributed by atoms with E-state index in [0.29, 0.717) is 0 Å². The van der Waals surface area contributed by atoms with Crippen molar-refractivity contribution in [1.29, 1.82) is 5.26 Å². The lowest BCUT2D eigenvalue weighted by Gasteiger charge is -2.02. The summed E-state index contributed by atoms with van der Waals surface area (Å²) < 4.78 is 5.04. The van der Waals surface area contributed by atoms with Crippen LogP contribution in [0.25, 0.3) is 0 Å². The van der Waals surface area contributed by atoms with Gasteiger partial charge in [0.05, 0.1) is 7.11 Å². The highest BCUT2D eigenvalue weighted by molar-refractivity contribution is 6.30. The number of nitrogens with zero attached hydrogens (tertiary/aromatic N) is 1. The maximum atomic E-state index is 6.50. The van der Waals surface area contributed by atoms with Crippen molar-refractivity contribution in [2.24, 2.45) is 0 Å². The van der Waals surface area contributed by atoms with Crippen molar-refractivity contribution >= 4 is 11.6 Å². The molecule has 12 heavy (non-hydrogen) atoms. The molecule has 0 aromatic heterocycles. The van der Waals surface area contributed by atoms with Gasteiger partial charge in [-0.3, -0.25) is 0 Å². The minimum atomic E-state index is 0.748. The molecule has 1 rings (SSSR count). The van der Waals surface area contributed by atoms with Gasteiger partial charge in [0.15, 0.2) is 0 Å². The van der Waals surface area contributed by atoms with E-state index < -0.39 is 0 Å². The highest BCUT2D eigenvalue weighted by Gasteiger charge is 1.95. The Morgan fingerprint density at radius 2 is 2.00 bits per heavy atom. The van der Waals surface area contributed by atoms with E-state index in [-0.39, 0.29) is 0 Å². The molecule has 1 aromatic carbocycles. The fourth-order valence-corrected chi connectivity index (χ4v) is 1.07. The monoisotopic (exact) mass is 183 g/mol. The second kappa shape index (κ2) is 5.45. The number of ether oxygens (including phenoxy) is 1. The summed E-state index contributed by atoms with van der Waals surface area (Å²) in [6, 6.07) is 5.55. The molecule has 64 valence electrons. The van der Waals surface area contributed by atoms with Crippen molar-refractivity contribution in [3.05, 3.63) is 28.8 Å². The number of hydrogen-bond donors (Lipinski definition) is 0. The number of nitriles is 1. The first-order valence-electron chi connectivity index (χ1n) is 3.30. The third-order valence-electron chi connectivity index (χ3n) is 1.36. The van der Waals surface area contributed by atoms with Crippen molar-refractivity contribution in [2.45, 2.75) is 6.92 Å². The SMILES string of the molecule is C#N.COc1ccc(Cl)cc1C. The molecule has 0 heterocycles. The Hall–Kier alpha value is -1.20. The maximum absolute atomic E-state index is 6.50. The Morgan fingerprint density at radius 3 is 2.42 bits per heavy atom. The van der Waals surface area contributed by atoms with Crippen LogP contribution in [-0.4, -0.2) is 7.11 Å². The summed E-state index contributed by atoms with van der Waals surface area (Å²) in [5.74, 6) is 0.879. The van der Waals surface area contributed by atoms with Gasteiger partial charge in [0.2, 0.25) is 0 Å². The van der Waals surface area contributed by atoms with Gasteiger partial charge in [-0.15, -0.1) is 0 Å². The lowest BCUT2D eigenvalue weighted by Crippen LogP contribution is -1.85. The Balaban J connectivity index is 0.000000561. The van der Waals surface area contributed by atoms with Crippen LogP contribution in [0.4, 0.5) is 0 Å². The molecule has 0 fully saturated rings. The zero-order valence-electron chi connectivity index (χ0n) is 7.04. The van der Waals surface area contributed by atoms with E-state index in [1.165, 1.54) is 0 Å². The van der Waals surface area contributed by atoms with Gasteiger partial charge in [0.25, 0.3) is 0 Å². The summed E-state index contributed by atoms with van der Waals surface area (Å²) in [7, 11) is 1.65. The minimum absolute atomic E-state index is 0.748. The summed E-state index contributed by atoms with van der Waals surface area (Å²) in [4.78, 5) is 0. The zero-order chi connectivity index (χ0) is 9.56. The fraction of sp³-hybridized carbons (Fsp3) is 0.222. The van der Waals surface area contributed by atoms with Crippen LogP contribution >= 0.6 is 11.6 Å². The van der Waals surface area contributed by atoms with Crippen molar-refractivity contribution in [3.63, 3.8) is 0 Å². The summed E-state index contributed by atoms with van der Waals surface area (Å²) in [6.07, 6.45) is 0. The molecule has 0 N–H and O–H groups in total. The van der Waals surface area contributed by atoms with Gasteiger partial charge < -0.3 is 4.74 Å². The molecule has 0 amide bonds. The largest absolute Gasteiger partial charge is 0.496 e. The lowest BCUT2D eigenvalue weighted by molar-refractivity contribution is 0.411. The fourth-order valence-electron chi connectivity index (χ4n) is 0.842. The average Bonchev–Trinajstić information content (AvgIpc) is 2.08. The number of halogens is 1. The van der Waals surface area contributed by atoms with Gasteiger partial charge in [-0.1, -0.05) is 11.6 Å². The summed E-state index contributed by atoms with van der Waals surface area (Å²) in [5, 5.41) is 7.25. The van der Waals surface area contributed by atoms with E-state index in [9.17, 15) is 0 Å². The third kappa shape index (κ3) is 2.81. The van der Waals surface area contributed by atoms with E-state index in [1.54, 1.807) is 7.11 Å². The highest BCUT2D eigenvalue weighted by atomic mass is 35.5. The van der Waals surface area contributed by atoms with E-state index >= 15 is 0 Å². The molecule has 0 saturated carbocycles. The van der Waals surface area contributed by atoms with E-state index in [0.717, 1.165) is 16.3 Å². The highest BCUT2D eigenvalue weighted by Crippen LogP contribution is 2.20. The van der Waals surface area contributed by atoms with Crippen LogP contribution < -0.4 is 4.74 Å². The number of hydrogen-bond acceptors (Lipinski definition) is 2. The van der Waals surface area contributed by atoms with Gasteiger partial charge in [0.1, 0.15) is 5.75 Å². The van der Waals surface area contributed by atoms with Gasteiger partial charge in [-0.2, -0.15) is 0 Å². The first kappa shape index (κ1) is 10.8. The lowest BCUT2D eigenvalue weighted by atomic mass is 10.2. The second-order valence-corrected chi connectivity index (χ2v) is 2.55.